The summed E-state index contributed by atoms with van der Waals surface area (Å²) in [5.74, 6) is -0.827. The van der Waals surface area contributed by atoms with Gasteiger partial charge < -0.3 is 5.32 Å². The van der Waals surface area contributed by atoms with Crippen LogP contribution in [0.4, 0.5) is 5.13 Å². The largest absolute Gasteiger partial charge is 0.344 e. The molecule has 2 atom stereocenters. The number of anilines is 1. The van der Waals surface area contributed by atoms with E-state index in [4.69, 9.17) is 0 Å². The van der Waals surface area contributed by atoms with Gasteiger partial charge >= 0.3 is 0 Å². The van der Waals surface area contributed by atoms with Gasteiger partial charge in [-0.25, -0.2) is 0 Å². The van der Waals surface area contributed by atoms with E-state index in [1.165, 1.54) is 11.3 Å². The Morgan fingerprint density at radius 2 is 1.57 bits per heavy atom. The van der Waals surface area contributed by atoms with Gasteiger partial charge in [0.1, 0.15) is 11.0 Å². The van der Waals surface area contributed by atoms with Gasteiger partial charge in [0.2, 0.25) is 16.9 Å². The molecule has 0 saturated carbocycles. The highest BCUT2D eigenvalue weighted by molar-refractivity contribution is 7.18. The Bertz CT molecular complexity index is 973. The summed E-state index contributed by atoms with van der Waals surface area (Å²) in [7, 11) is 0. The topological polar surface area (TPSA) is 84.0 Å². The van der Waals surface area contributed by atoms with Crippen LogP contribution in [0, 0.1) is 5.92 Å². The normalized spacial score (nSPS) is 12.9. The molecule has 6 nitrogen and oxygen atoms in total. The Balaban J connectivity index is 1.69. The Hall–Kier alpha value is -3.06. The van der Waals surface area contributed by atoms with E-state index in [1.54, 1.807) is 0 Å². The molecule has 0 radical (unpaired) electrons. The molecule has 2 amide bonds. The number of hydrogen-bond acceptors (Lipinski definition) is 5. The summed E-state index contributed by atoms with van der Waals surface area (Å²) in [6, 6.07) is 18.6. The molecule has 0 bridgehead atoms. The maximum Gasteiger partial charge on any atom is 0.249 e. The number of nitrogens with zero attached hydrogens (tertiary/aromatic N) is 2. The molecule has 3 aromatic rings. The molecule has 0 aliphatic rings. The molecular formula is C23H26N4O2S. The van der Waals surface area contributed by atoms with Crippen LogP contribution in [0.1, 0.15) is 38.7 Å². The second-order valence-corrected chi connectivity index (χ2v) is 8.35. The van der Waals surface area contributed by atoms with Crippen molar-refractivity contribution in [1.29, 1.82) is 0 Å². The monoisotopic (exact) mass is 422 g/mol. The van der Waals surface area contributed by atoms with Crippen LogP contribution in [0.5, 0.6) is 0 Å². The zero-order chi connectivity index (χ0) is 21.5. The van der Waals surface area contributed by atoms with Gasteiger partial charge in [0.05, 0.1) is 5.92 Å². The quantitative estimate of drug-likeness (QED) is 0.561. The number of nitrogens with one attached hydrogen (secondary N) is 2. The van der Waals surface area contributed by atoms with Crippen molar-refractivity contribution in [2.45, 2.75) is 39.2 Å². The standard InChI is InChI=1S/C23H26N4O2S/c1-4-18(16-11-7-5-8-12-16)20(28)24-19(15(2)3)21(29)25-23-27-26-22(30-23)17-13-9-6-10-14-17/h5-15,18-19H,4H2,1-3H3,(H,24,28)(H,25,27,29). The number of hydrogen-bond donors (Lipinski definition) is 2. The van der Waals surface area contributed by atoms with E-state index in [0.717, 1.165) is 16.1 Å². The lowest BCUT2D eigenvalue weighted by Gasteiger charge is -2.24. The number of benzene rings is 2. The third kappa shape index (κ3) is 5.30. The van der Waals surface area contributed by atoms with E-state index < -0.39 is 6.04 Å². The van der Waals surface area contributed by atoms with Gasteiger partial charge in [-0.2, -0.15) is 0 Å². The van der Waals surface area contributed by atoms with Gasteiger partial charge in [-0.15, -0.1) is 10.2 Å². The van der Waals surface area contributed by atoms with Crippen molar-refractivity contribution < 1.29 is 9.59 Å². The van der Waals surface area contributed by atoms with Gasteiger partial charge in [-0.05, 0) is 17.9 Å². The van der Waals surface area contributed by atoms with Gasteiger partial charge in [0.15, 0.2) is 0 Å². The highest BCUT2D eigenvalue weighted by Gasteiger charge is 2.28. The molecule has 2 unspecified atom stereocenters. The van der Waals surface area contributed by atoms with Crippen LogP contribution in [0.3, 0.4) is 0 Å². The minimum atomic E-state index is -0.667. The lowest BCUT2D eigenvalue weighted by atomic mass is 9.94. The van der Waals surface area contributed by atoms with Gasteiger partial charge in [-0.3, -0.25) is 14.9 Å². The molecule has 0 aliphatic heterocycles. The molecule has 0 fully saturated rings. The predicted molar refractivity (Wildman–Crippen MR) is 120 cm³/mol. The third-order valence-corrected chi connectivity index (χ3v) is 5.74. The zero-order valence-corrected chi connectivity index (χ0v) is 18.1. The van der Waals surface area contributed by atoms with Crippen molar-refractivity contribution in [2.24, 2.45) is 5.92 Å². The molecule has 2 aromatic carbocycles. The maximum atomic E-state index is 12.9. The summed E-state index contributed by atoms with van der Waals surface area (Å²) in [5, 5.41) is 15.1. The van der Waals surface area contributed by atoms with Crippen LogP contribution in [0.2, 0.25) is 0 Å². The number of carbonyl (C=O) groups excluding carboxylic acids is 2. The van der Waals surface area contributed by atoms with Crippen molar-refractivity contribution in [3.63, 3.8) is 0 Å². The highest BCUT2D eigenvalue weighted by Crippen LogP contribution is 2.26. The molecule has 0 spiro atoms. The lowest BCUT2D eigenvalue weighted by Crippen LogP contribution is -2.48. The average Bonchev–Trinajstić information content (AvgIpc) is 3.22. The molecule has 2 N–H and O–H groups in total. The van der Waals surface area contributed by atoms with E-state index >= 15 is 0 Å². The summed E-state index contributed by atoms with van der Waals surface area (Å²) in [6.45, 7) is 5.78. The number of amides is 2. The lowest BCUT2D eigenvalue weighted by molar-refractivity contribution is -0.128. The maximum absolute atomic E-state index is 12.9. The second-order valence-electron chi connectivity index (χ2n) is 7.37. The van der Waals surface area contributed by atoms with E-state index in [1.807, 2.05) is 81.4 Å². The van der Waals surface area contributed by atoms with E-state index in [0.29, 0.717) is 11.6 Å². The van der Waals surface area contributed by atoms with Gasteiger partial charge in [0, 0.05) is 5.56 Å². The predicted octanol–water partition coefficient (Wildman–Crippen LogP) is 4.48. The van der Waals surface area contributed by atoms with Crippen LogP contribution < -0.4 is 10.6 Å². The fraction of sp³-hybridized carbons (Fsp3) is 0.304. The fourth-order valence-electron chi connectivity index (χ4n) is 3.20. The summed E-state index contributed by atoms with van der Waals surface area (Å²) in [6.07, 6.45) is 0.652. The Labute approximate surface area is 180 Å². The minimum Gasteiger partial charge on any atom is -0.344 e. The summed E-state index contributed by atoms with van der Waals surface area (Å²) < 4.78 is 0. The molecule has 0 aliphatic carbocycles. The molecule has 30 heavy (non-hydrogen) atoms. The number of carbonyl (C=O) groups is 2. The molecule has 156 valence electrons. The van der Waals surface area contributed by atoms with Crippen LogP contribution in [-0.2, 0) is 9.59 Å². The second kappa shape index (κ2) is 10.1. The van der Waals surface area contributed by atoms with Crippen molar-refractivity contribution >= 4 is 28.3 Å². The van der Waals surface area contributed by atoms with Crippen molar-refractivity contribution in [3.8, 4) is 10.6 Å². The van der Waals surface area contributed by atoms with E-state index in [-0.39, 0.29) is 23.7 Å². The molecule has 1 heterocycles. The summed E-state index contributed by atoms with van der Waals surface area (Å²) in [4.78, 5) is 25.8. The molecule has 7 heteroatoms. The van der Waals surface area contributed by atoms with Crippen molar-refractivity contribution in [3.05, 3.63) is 66.2 Å². The van der Waals surface area contributed by atoms with Crippen molar-refractivity contribution in [1.82, 2.24) is 15.5 Å². The van der Waals surface area contributed by atoms with Crippen LogP contribution in [0.25, 0.3) is 10.6 Å². The SMILES string of the molecule is CCC(C(=O)NC(C(=O)Nc1nnc(-c2ccccc2)s1)C(C)C)c1ccccc1. The van der Waals surface area contributed by atoms with Crippen LogP contribution >= 0.6 is 11.3 Å². The Morgan fingerprint density at radius 3 is 2.17 bits per heavy atom. The van der Waals surface area contributed by atoms with Crippen molar-refractivity contribution in [2.75, 3.05) is 5.32 Å². The van der Waals surface area contributed by atoms with Crippen LogP contribution in [0.15, 0.2) is 60.7 Å². The van der Waals surface area contributed by atoms with Gasteiger partial charge in [-0.1, -0.05) is 92.8 Å². The molecular weight excluding hydrogens is 396 g/mol. The zero-order valence-electron chi connectivity index (χ0n) is 17.3. The summed E-state index contributed by atoms with van der Waals surface area (Å²) in [5.41, 5.74) is 1.88. The summed E-state index contributed by atoms with van der Waals surface area (Å²) >= 11 is 1.30. The van der Waals surface area contributed by atoms with Gasteiger partial charge in [0.25, 0.3) is 0 Å². The minimum absolute atomic E-state index is 0.0799. The fourth-order valence-corrected chi connectivity index (χ4v) is 3.95. The Kier molecular flexibility index (Phi) is 7.30. The smallest absolute Gasteiger partial charge is 0.249 e. The first-order valence-corrected chi connectivity index (χ1v) is 10.9. The average molecular weight is 423 g/mol. The van der Waals surface area contributed by atoms with Crippen LogP contribution in [-0.4, -0.2) is 28.1 Å². The third-order valence-electron chi connectivity index (χ3n) is 4.85. The number of rotatable bonds is 8. The molecule has 1 aromatic heterocycles. The van der Waals surface area contributed by atoms with E-state index in [9.17, 15) is 9.59 Å². The first-order chi connectivity index (χ1) is 14.5. The first-order valence-electron chi connectivity index (χ1n) is 10.0. The molecule has 0 saturated heterocycles. The number of aromatic nitrogens is 2. The first kappa shape index (κ1) is 21.6. The highest BCUT2D eigenvalue weighted by atomic mass is 32.1. The Morgan fingerprint density at radius 1 is 0.933 bits per heavy atom. The van der Waals surface area contributed by atoms with E-state index in [2.05, 4.69) is 20.8 Å². The molecule has 3 rings (SSSR count).